The normalized spacial score (nSPS) is 14.2. The highest BCUT2D eigenvalue weighted by atomic mass is 19.1. The highest BCUT2D eigenvalue weighted by molar-refractivity contribution is 5.92. The molecule has 26 heavy (non-hydrogen) atoms. The van der Waals surface area contributed by atoms with Gasteiger partial charge in [-0.1, -0.05) is 12.1 Å². The third-order valence-electron chi connectivity index (χ3n) is 4.30. The summed E-state index contributed by atoms with van der Waals surface area (Å²) in [6.45, 7) is 4.43. The lowest BCUT2D eigenvalue weighted by Gasteiger charge is -2.34. The Morgan fingerprint density at radius 2 is 1.81 bits per heavy atom. The number of hydrogen-bond acceptors (Lipinski definition) is 5. The highest BCUT2D eigenvalue weighted by Gasteiger charge is 2.20. The first kappa shape index (κ1) is 17.8. The Labute approximate surface area is 150 Å². The van der Waals surface area contributed by atoms with E-state index in [0.29, 0.717) is 32.0 Å². The standard InChI is InChI=1S/C18H20FN5O2/c1-13(25)23-6-8-24(9-7-23)17-10-16(21-12-22-17)18(26)20-11-14-2-4-15(19)5-3-14/h2-5,10,12H,6-9,11H2,1H3,(H,20,26). The first-order valence-electron chi connectivity index (χ1n) is 8.38. The van der Waals surface area contributed by atoms with Crippen molar-refractivity contribution in [1.29, 1.82) is 0 Å². The van der Waals surface area contributed by atoms with E-state index in [9.17, 15) is 14.0 Å². The molecule has 8 heteroatoms. The van der Waals surface area contributed by atoms with Crippen LogP contribution >= 0.6 is 0 Å². The molecule has 0 bridgehead atoms. The summed E-state index contributed by atoms with van der Waals surface area (Å²) in [5.74, 6) is 0.0917. The van der Waals surface area contributed by atoms with Gasteiger partial charge in [0.15, 0.2) is 0 Å². The minimum Gasteiger partial charge on any atom is -0.353 e. The van der Waals surface area contributed by atoms with Crippen LogP contribution in [0, 0.1) is 5.82 Å². The molecule has 1 aliphatic heterocycles. The van der Waals surface area contributed by atoms with Gasteiger partial charge in [-0.05, 0) is 17.7 Å². The Bertz CT molecular complexity index is 788. The van der Waals surface area contributed by atoms with Crippen molar-refractivity contribution in [2.24, 2.45) is 0 Å². The zero-order chi connectivity index (χ0) is 18.5. The van der Waals surface area contributed by atoms with Gasteiger partial charge in [0.1, 0.15) is 23.7 Å². The molecule has 0 atom stereocenters. The molecule has 7 nitrogen and oxygen atoms in total. The number of anilines is 1. The smallest absolute Gasteiger partial charge is 0.270 e. The maximum atomic E-state index is 12.9. The van der Waals surface area contributed by atoms with Crippen molar-refractivity contribution < 1.29 is 14.0 Å². The number of aromatic nitrogens is 2. The Kier molecular flexibility index (Phi) is 5.40. The topological polar surface area (TPSA) is 78.4 Å². The predicted octanol–water partition coefficient (Wildman–Crippen LogP) is 1.21. The minimum absolute atomic E-state index is 0.0631. The average molecular weight is 357 g/mol. The lowest BCUT2D eigenvalue weighted by atomic mass is 10.2. The van der Waals surface area contributed by atoms with Crippen molar-refractivity contribution in [2.45, 2.75) is 13.5 Å². The number of hydrogen-bond donors (Lipinski definition) is 1. The average Bonchev–Trinajstić information content (AvgIpc) is 2.67. The number of carbonyl (C=O) groups is 2. The predicted molar refractivity (Wildman–Crippen MR) is 94.1 cm³/mol. The largest absolute Gasteiger partial charge is 0.353 e. The monoisotopic (exact) mass is 357 g/mol. The van der Waals surface area contributed by atoms with Crippen molar-refractivity contribution in [2.75, 3.05) is 31.1 Å². The van der Waals surface area contributed by atoms with E-state index in [1.54, 1.807) is 30.0 Å². The van der Waals surface area contributed by atoms with Gasteiger partial charge in [0.05, 0.1) is 0 Å². The van der Waals surface area contributed by atoms with Crippen LogP contribution in [0.15, 0.2) is 36.7 Å². The first-order valence-corrected chi connectivity index (χ1v) is 8.38. The fourth-order valence-electron chi connectivity index (χ4n) is 2.77. The van der Waals surface area contributed by atoms with Crippen molar-refractivity contribution in [3.8, 4) is 0 Å². The van der Waals surface area contributed by atoms with Gasteiger partial charge in [0, 0.05) is 45.7 Å². The molecule has 0 radical (unpaired) electrons. The Hall–Kier alpha value is -3.03. The van der Waals surface area contributed by atoms with Crippen molar-refractivity contribution in [1.82, 2.24) is 20.2 Å². The molecule has 1 aliphatic rings. The van der Waals surface area contributed by atoms with E-state index in [4.69, 9.17) is 0 Å². The Balaban J connectivity index is 1.60. The number of amides is 2. The fraction of sp³-hybridized carbons (Fsp3) is 0.333. The van der Waals surface area contributed by atoms with E-state index in [1.807, 2.05) is 4.90 Å². The molecule has 2 amide bonds. The Morgan fingerprint density at radius 1 is 1.12 bits per heavy atom. The van der Waals surface area contributed by atoms with Crippen molar-refractivity contribution >= 4 is 17.6 Å². The third kappa shape index (κ3) is 4.33. The summed E-state index contributed by atoms with van der Waals surface area (Å²) < 4.78 is 12.9. The van der Waals surface area contributed by atoms with Gasteiger partial charge in [-0.15, -0.1) is 0 Å². The summed E-state index contributed by atoms with van der Waals surface area (Å²) in [6.07, 6.45) is 1.36. The van der Waals surface area contributed by atoms with Crippen LogP contribution in [0.3, 0.4) is 0 Å². The van der Waals surface area contributed by atoms with Crippen LogP contribution in [-0.4, -0.2) is 52.9 Å². The molecule has 1 fully saturated rings. The van der Waals surface area contributed by atoms with E-state index in [2.05, 4.69) is 15.3 Å². The number of rotatable bonds is 4. The van der Waals surface area contributed by atoms with Crippen LogP contribution < -0.4 is 10.2 Å². The summed E-state index contributed by atoms with van der Waals surface area (Å²) in [5.41, 5.74) is 1.07. The second-order valence-corrected chi connectivity index (χ2v) is 6.06. The van der Waals surface area contributed by atoms with Gasteiger partial charge in [-0.3, -0.25) is 9.59 Å². The maximum absolute atomic E-state index is 12.9. The maximum Gasteiger partial charge on any atom is 0.270 e. The van der Waals surface area contributed by atoms with E-state index < -0.39 is 0 Å². The molecule has 2 aromatic rings. The number of carbonyl (C=O) groups excluding carboxylic acids is 2. The number of benzene rings is 1. The molecule has 0 unspecified atom stereocenters. The van der Waals surface area contributed by atoms with E-state index in [-0.39, 0.29) is 29.9 Å². The molecular formula is C18H20FN5O2. The fourth-order valence-corrected chi connectivity index (χ4v) is 2.77. The van der Waals surface area contributed by atoms with Crippen LogP contribution in [0.5, 0.6) is 0 Å². The summed E-state index contributed by atoms with van der Waals surface area (Å²) in [5, 5.41) is 2.76. The summed E-state index contributed by atoms with van der Waals surface area (Å²) >= 11 is 0. The highest BCUT2D eigenvalue weighted by Crippen LogP contribution is 2.14. The lowest BCUT2D eigenvalue weighted by molar-refractivity contribution is -0.129. The number of nitrogens with zero attached hydrogens (tertiary/aromatic N) is 4. The second-order valence-electron chi connectivity index (χ2n) is 6.06. The quantitative estimate of drug-likeness (QED) is 0.890. The van der Waals surface area contributed by atoms with Gasteiger partial charge in [-0.2, -0.15) is 0 Å². The molecule has 1 N–H and O–H groups in total. The van der Waals surface area contributed by atoms with Crippen LogP contribution in [0.1, 0.15) is 23.0 Å². The van der Waals surface area contributed by atoms with Crippen LogP contribution in [0.25, 0.3) is 0 Å². The number of piperazine rings is 1. The van der Waals surface area contributed by atoms with Crippen molar-refractivity contribution in [3.63, 3.8) is 0 Å². The van der Waals surface area contributed by atoms with Crippen LogP contribution in [0.4, 0.5) is 10.2 Å². The SMILES string of the molecule is CC(=O)N1CCN(c2cc(C(=O)NCc3ccc(F)cc3)ncn2)CC1. The van der Waals surface area contributed by atoms with E-state index >= 15 is 0 Å². The number of halogens is 1. The van der Waals surface area contributed by atoms with Crippen LogP contribution in [-0.2, 0) is 11.3 Å². The van der Waals surface area contributed by atoms with E-state index in [0.717, 1.165) is 5.56 Å². The Morgan fingerprint density at radius 3 is 2.46 bits per heavy atom. The third-order valence-corrected chi connectivity index (χ3v) is 4.30. The molecule has 1 aromatic carbocycles. The van der Waals surface area contributed by atoms with Gasteiger partial charge in [0.25, 0.3) is 5.91 Å². The molecule has 136 valence electrons. The van der Waals surface area contributed by atoms with E-state index in [1.165, 1.54) is 18.5 Å². The van der Waals surface area contributed by atoms with Crippen molar-refractivity contribution in [3.05, 3.63) is 53.7 Å². The van der Waals surface area contributed by atoms with Gasteiger partial charge in [-0.25, -0.2) is 14.4 Å². The molecule has 0 spiro atoms. The summed E-state index contributed by atoms with van der Waals surface area (Å²) in [4.78, 5) is 35.8. The molecule has 1 aromatic heterocycles. The zero-order valence-electron chi connectivity index (χ0n) is 14.5. The zero-order valence-corrected chi connectivity index (χ0v) is 14.5. The molecule has 0 saturated carbocycles. The molecule has 2 heterocycles. The minimum atomic E-state index is -0.319. The van der Waals surface area contributed by atoms with Crippen LogP contribution in [0.2, 0.25) is 0 Å². The lowest BCUT2D eigenvalue weighted by Crippen LogP contribution is -2.48. The summed E-state index contributed by atoms with van der Waals surface area (Å²) in [6, 6.07) is 7.59. The second kappa shape index (κ2) is 7.90. The van der Waals surface area contributed by atoms with Gasteiger partial charge in [0.2, 0.25) is 5.91 Å². The molecular weight excluding hydrogens is 337 g/mol. The first-order chi connectivity index (χ1) is 12.5. The molecule has 1 saturated heterocycles. The van der Waals surface area contributed by atoms with Gasteiger partial charge < -0.3 is 15.1 Å². The van der Waals surface area contributed by atoms with Gasteiger partial charge >= 0.3 is 0 Å². The number of nitrogens with one attached hydrogen (secondary N) is 1. The molecule has 3 rings (SSSR count). The molecule has 0 aliphatic carbocycles. The summed E-state index contributed by atoms with van der Waals surface area (Å²) in [7, 11) is 0.